The number of hydrogen-bond acceptors (Lipinski definition) is 4. The van der Waals surface area contributed by atoms with Crippen molar-refractivity contribution in [3.8, 4) is 22.4 Å². The Hall–Kier alpha value is -4.45. The first-order chi connectivity index (χ1) is 18.6. The smallest absolute Gasteiger partial charge is 0.275 e. The Labute approximate surface area is 229 Å². The highest BCUT2D eigenvalue weighted by Gasteiger charge is 2.27. The third kappa shape index (κ3) is 4.43. The lowest BCUT2D eigenvalue weighted by molar-refractivity contribution is 0.100. The van der Waals surface area contributed by atoms with Crippen molar-refractivity contribution < 1.29 is 4.79 Å². The molecule has 2 aromatic heterocycles. The molecule has 0 saturated carbocycles. The zero-order valence-corrected chi connectivity index (χ0v) is 21.8. The number of para-hydroxylation sites is 2. The van der Waals surface area contributed by atoms with Gasteiger partial charge in [-0.2, -0.15) is 0 Å². The molecule has 6 rings (SSSR count). The predicted octanol–water partition coefficient (Wildman–Crippen LogP) is 8.84. The zero-order valence-electron chi connectivity index (χ0n) is 20.2. The molecule has 2 N–H and O–H groups in total. The molecule has 1 amide bonds. The lowest BCUT2D eigenvalue weighted by Crippen LogP contribution is -2.25. The number of nitrogens with zero attached hydrogens (tertiary/aromatic N) is 2. The highest BCUT2D eigenvalue weighted by molar-refractivity contribution is 7.21. The first kappa shape index (κ1) is 23.9. The summed E-state index contributed by atoms with van der Waals surface area (Å²) in [6.07, 6.45) is 0. The number of fused-ring (bicyclic) bond motifs is 1. The van der Waals surface area contributed by atoms with Crippen molar-refractivity contribution in [2.75, 3.05) is 10.6 Å². The summed E-state index contributed by atoms with van der Waals surface area (Å²) in [6.45, 7) is 0. The van der Waals surface area contributed by atoms with Crippen LogP contribution in [-0.2, 0) is 0 Å². The molecule has 2 heterocycles. The molecule has 4 nitrogen and oxygen atoms in total. The van der Waals surface area contributed by atoms with E-state index in [2.05, 4.69) is 0 Å². The van der Waals surface area contributed by atoms with Gasteiger partial charge in [0.1, 0.15) is 9.71 Å². The second kappa shape index (κ2) is 10.1. The van der Waals surface area contributed by atoms with Crippen molar-refractivity contribution in [2.45, 2.75) is 0 Å². The number of hydrogen-bond donors (Lipinski definition) is 1. The van der Waals surface area contributed by atoms with Gasteiger partial charge in [-0.1, -0.05) is 90.5 Å². The van der Waals surface area contributed by atoms with E-state index in [-0.39, 0.29) is 5.91 Å². The van der Waals surface area contributed by atoms with Crippen molar-refractivity contribution >= 4 is 56.1 Å². The number of nitrogens with two attached hydrogens (primary N) is 1. The molecule has 0 aliphatic rings. The van der Waals surface area contributed by atoms with Crippen LogP contribution in [0.15, 0.2) is 121 Å². The van der Waals surface area contributed by atoms with Gasteiger partial charge in [-0.25, -0.2) is 4.98 Å². The number of rotatable bonds is 5. The number of carbonyl (C=O) groups is 1. The Bertz CT molecular complexity index is 1700. The number of halogens is 1. The molecule has 0 radical (unpaired) electrons. The number of pyridine rings is 1. The molecule has 0 atom stereocenters. The van der Waals surface area contributed by atoms with Gasteiger partial charge in [0.2, 0.25) is 0 Å². The number of thiophene rings is 1. The van der Waals surface area contributed by atoms with E-state index in [0.29, 0.717) is 20.4 Å². The van der Waals surface area contributed by atoms with Gasteiger partial charge in [-0.15, -0.1) is 11.3 Å². The third-order valence-corrected chi connectivity index (χ3v) is 7.69. The van der Waals surface area contributed by atoms with Gasteiger partial charge in [-0.05, 0) is 53.6 Å². The maximum absolute atomic E-state index is 14.2. The van der Waals surface area contributed by atoms with Crippen LogP contribution in [0, 0.1) is 0 Å². The molecule has 38 heavy (non-hydrogen) atoms. The molecule has 6 heteroatoms. The highest BCUT2D eigenvalue weighted by atomic mass is 35.5. The van der Waals surface area contributed by atoms with E-state index in [1.165, 1.54) is 11.3 Å². The van der Waals surface area contributed by atoms with Gasteiger partial charge in [0.15, 0.2) is 0 Å². The standard InChI is InChI=1S/C32H22ClN3OS/c33-23-18-16-21(17-19-23)26-20-27(22-10-4-1-5-11-22)35-31-28(26)29(34)30(38-31)32(37)36(24-12-6-2-7-13-24)25-14-8-3-9-15-25/h1-20H,34H2. The molecular formula is C32H22ClN3OS. The van der Waals surface area contributed by atoms with E-state index in [0.717, 1.165) is 39.1 Å². The van der Waals surface area contributed by atoms with Crippen LogP contribution in [-0.4, -0.2) is 10.9 Å². The summed E-state index contributed by atoms with van der Waals surface area (Å²) in [5.74, 6) is -0.203. The van der Waals surface area contributed by atoms with Crippen LogP contribution in [0.5, 0.6) is 0 Å². The Balaban J connectivity index is 1.57. The minimum Gasteiger partial charge on any atom is -0.397 e. The van der Waals surface area contributed by atoms with Crippen molar-refractivity contribution in [1.82, 2.24) is 4.98 Å². The average molecular weight is 532 g/mol. The SMILES string of the molecule is Nc1c(C(=O)N(c2ccccc2)c2ccccc2)sc2nc(-c3ccccc3)cc(-c3ccc(Cl)cc3)c12. The maximum Gasteiger partial charge on any atom is 0.275 e. The Morgan fingerprint density at radius 1 is 0.737 bits per heavy atom. The number of carbonyl (C=O) groups excluding carboxylic acids is 1. The Kier molecular flexibility index (Phi) is 6.38. The van der Waals surface area contributed by atoms with Crippen molar-refractivity contribution in [1.29, 1.82) is 0 Å². The van der Waals surface area contributed by atoms with Gasteiger partial charge in [0.05, 0.1) is 11.4 Å². The minimum atomic E-state index is -0.203. The molecule has 4 aromatic carbocycles. The molecule has 184 valence electrons. The average Bonchev–Trinajstić information content (AvgIpc) is 3.31. The van der Waals surface area contributed by atoms with E-state index in [1.54, 1.807) is 4.90 Å². The topological polar surface area (TPSA) is 59.2 Å². The van der Waals surface area contributed by atoms with Gasteiger partial charge >= 0.3 is 0 Å². The fourth-order valence-electron chi connectivity index (χ4n) is 4.53. The fraction of sp³-hybridized carbons (Fsp3) is 0. The van der Waals surface area contributed by atoms with Crippen LogP contribution in [0.3, 0.4) is 0 Å². The Morgan fingerprint density at radius 2 is 1.29 bits per heavy atom. The molecule has 0 bridgehead atoms. The minimum absolute atomic E-state index is 0.203. The molecule has 0 fully saturated rings. The molecule has 0 unspecified atom stereocenters. The molecular weight excluding hydrogens is 510 g/mol. The normalized spacial score (nSPS) is 11.0. The number of anilines is 3. The van der Waals surface area contributed by atoms with Crippen LogP contribution >= 0.6 is 22.9 Å². The molecule has 0 saturated heterocycles. The summed E-state index contributed by atoms with van der Waals surface area (Å²) in [4.78, 5) is 22.0. The van der Waals surface area contributed by atoms with Crippen LogP contribution in [0.1, 0.15) is 9.67 Å². The summed E-state index contributed by atoms with van der Waals surface area (Å²) in [6, 6.07) is 38.8. The molecule has 0 aliphatic carbocycles. The van der Waals surface area contributed by atoms with Crippen LogP contribution in [0.2, 0.25) is 5.02 Å². The maximum atomic E-state index is 14.2. The number of nitrogen functional groups attached to an aromatic ring is 1. The van der Waals surface area contributed by atoms with Gasteiger partial charge < -0.3 is 5.73 Å². The fourth-order valence-corrected chi connectivity index (χ4v) is 5.71. The quantitative estimate of drug-likeness (QED) is 0.242. The molecule has 6 aromatic rings. The molecule has 0 spiro atoms. The van der Waals surface area contributed by atoms with E-state index in [4.69, 9.17) is 22.3 Å². The third-order valence-electron chi connectivity index (χ3n) is 6.35. The first-order valence-corrected chi connectivity index (χ1v) is 13.3. The largest absolute Gasteiger partial charge is 0.397 e. The summed E-state index contributed by atoms with van der Waals surface area (Å²) < 4.78 is 0. The van der Waals surface area contributed by atoms with Gasteiger partial charge in [0, 0.05) is 27.3 Å². The van der Waals surface area contributed by atoms with Crippen molar-refractivity contribution in [2.24, 2.45) is 0 Å². The monoisotopic (exact) mass is 531 g/mol. The highest BCUT2D eigenvalue weighted by Crippen LogP contribution is 2.43. The zero-order chi connectivity index (χ0) is 26.1. The Morgan fingerprint density at radius 3 is 1.87 bits per heavy atom. The van der Waals surface area contributed by atoms with Gasteiger partial charge in [-0.3, -0.25) is 9.69 Å². The summed E-state index contributed by atoms with van der Waals surface area (Å²) in [7, 11) is 0. The molecule has 0 aliphatic heterocycles. The van der Waals surface area contributed by atoms with Crippen LogP contribution < -0.4 is 10.6 Å². The van der Waals surface area contributed by atoms with Crippen LogP contribution in [0.4, 0.5) is 17.1 Å². The van der Waals surface area contributed by atoms with E-state index in [1.807, 2.05) is 121 Å². The second-order valence-electron chi connectivity index (χ2n) is 8.76. The second-order valence-corrected chi connectivity index (χ2v) is 10.2. The number of amides is 1. The first-order valence-electron chi connectivity index (χ1n) is 12.1. The predicted molar refractivity (Wildman–Crippen MR) is 159 cm³/mol. The van der Waals surface area contributed by atoms with Crippen LogP contribution in [0.25, 0.3) is 32.6 Å². The van der Waals surface area contributed by atoms with E-state index < -0.39 is 0 Å². The number of benzene rings is 4. The number of aromatic nitrogens is 1. The lowest BCUT2D eigenvalue weighted by Gasteiger charge is -2.22. The summed E-state index contributed by atoms with van der Waals surface area (Å²) in [5, 5.41) is 1.42. The van der Waals surface area contributed by atoms with E-state index >= 15 is 0 Å². The lowest BCUT2D eigenvalue weighted by atomic mass is 9.99. The van der Waals surface area contributed by atoms with Gasteiger partial charge in [0.25, 0.3) is 5.91 Å². The van der Waals surface area contributed by atoms with Crippen molar-refractivity contribution in [3.05, 3.63) is 131 Å². The summed E-state index contributed by atoms with van der Waals surface area (Å²) in [5.41, 5.74) is 12.4. The van der Waals surface area contributed by atoms with Crippen molar-refractivity contribution in [3.63, 3.8) is 0 Å². The summed E-state index contributed by atoms with van der Waals surface area (Å²) >= 11 is 7.50. The van der Waals surface area contributed by atoms with E-state index in [9.17, 15) is 4.79 Å².